The summed E-state index contributed by atoms with van der Waals surface area (Å²) in [5.74, 6) is 0.761. The van der Waals surface area contributed by atoms with Crippen molar-refractivity contribution in [2.45, 2.75) is 25.2 Å². The zero-order chi connectivity index (χ0) is 19.6. The van der Waals surface area contributed by atoms with Crippen molar-refractivity contribution in [3.8, 4) is 0 Å². The van der Waals surface area contributed by atoms with E-state index in [9.17, 15) is 4.79 Å². The predicted molar refractivity (Wildman–Crippen MR) is 109 cm³/mol. The molecular weight excluding hydrogens is 364 g/mol. The van der Waals surface area contributed by atoms with Gasteiger partial charge in [0, 0.05) is 49.7 Å². The molecule has 0 saturated carbocycles. The molecule has 7 nitrogen and oxygen atoms in total. The van der Waals surface area contributed by atoms with Crippen LogP contribution in [0.15, 0.2) is 61.2 Å². The van der Waals surface area contributed by atoms with Gasteiger partial charge in [-0.15, -0.1) is 0 Å². The Morgan fingerprint density at radius 2 is 2.10 bits per heavy atom. The summed E-state index contributed by atoms with van der Waals surface area (Å²) in [5.41, 5.74) is 4.05. The third kappa shape index (κ3) is 3.51. The minimum atomic E-state index is -0.0377. The molecule has 0 bridgehead atoms. The van der Waals surface area contributed by atoms with Crippen molar-refractivity contribution in [1.29, 1.82) is 0 Å². The maximum atomic E-state index is 13.1. The number of rotatable bonds is 4. The van der Waals surface area contributed by atoms with Crippen LogP contribution in [0.3, 0.4) is 0 Å². The number of aromatic amines is 1. The lowest BCUT2D eigenvalue weighted by molar-refractivity contribution is 0.0700. The molecular formula is C22H22N6O. The van der Waals surface area contributed by atoms with Crippen LogP contribution in [0.5, 0.6) is 0 Å². The Morgan fingerprint density at radius 3 is 2.97 bits per heavy atom. The average Bonchev–Trinajstić information content (AvgIpc) is 3.41. The summed E-state index contributed by atoms with van der Waals surface area (Å²) < 4.78 is 1.78. The van der Waals surface area contributed by atoms with Gasteiger partial charge < -0.3 is 4.90 Å². The second-order valence-corrected chi connectivity index (χ2v) is 7.51. The third-order valence-corrected chi connectivity index (χ3v) is 5.56. The number of H-pyrrole nitrogens is 1. The molecule has 1 amide bonds. The first kappa shape index (κ1) is 17.6. The molecule has 3 aromatic heterocycles. The number of imidazole rings is 1. The molecule has 29 heavy (non-hydrogen) atoms. The van der Waals surface area contributed by atoms with Crippen LogP contribution in [0, 0.1) is 0 Å². The molecule has 4 heterocycles. The van der Waals surface area contributed by atoms with Gasteiger partial charge >= 0.3 is 0 Å². The number of fused-ring (bicyclic) bond motifs is 1. The molecule has 0 unspecified atom stereocenters. The molecule has 146 valence electrons. The number of nitrogens with one attached hydrogen (secondary N) is 1. The molecule has 1 N–H and O–H groups in total. The summed E-state index contributed by atoms with van der Waals surface area (Å²) in [6.07, 6.45) is 10.1. The quantitative estimate of drug-likeness (QED) is 0.585. The number of likely N-dealkylation sites (tertiary alicyclic amines) is 1. The molecule has 5 rings (SSSR count). The van der Waals surface area contributed by atoms with Crippen molar-refractivity contribution in [3.05, 3.63) is 83.7 Å². The van der Waals surface area contributed by atoms with Gasteiger partial charge in [0.15, 0.2) is 0 Å². The Bertz CT molecular complexity index is 1100. The standard InChI is InChI=1S/C22H22N6O/c29-21(19-15-28-11-5-9-23-22(28)25-19)27-10-4-8-17(14-27)20-18(13-24-26-20)12-16-6-2-1-3-7-16/h1-3,5-7,9,11,13,15,17H,4,8,10,12,14H2,(H,24,26)/t17-/m0/s1. The maximum Gasteiger partial charge on any atom is 0.274 e. The molecule has 0 aliphatic carbocycles. The number of nitrogens with zero attached hydrogens (tertiary/aromatic N) is 5. The van der Waals surface area contributed by atoms with Gasteiger partial charge in [-0.2, -0.15) is 5.10 Å². The normalized spacial score (nSPS) is 17.0. The average molecular weight is 386 g/mol. The van der Waals surface area contributed by atoms with E-state index >= 15 is 0 Å². The van der Waals surface area contributed by atoms with Crippen LogP contribution >= 0.6 is 0 Å². The van der Waals surface area contributed by atoms with Crippen molar-refractivity contribution >= 4 is 11.7 Å². The fourth-order valence-corrected chi connectivity index (χ4v) is 4.12. The van der Waals surface area contributed by atoms with Crippen molar-refractivity contribution in [2.24, 2.45) is 0 Å². The van der Waals surface area contributed by atoms with E-state index in [1.807, 2.05) is 29.4 Å². The monoisotopic (exact) mass is 386 g/mol. The molecule has 1 aliphatic rings. The van der Waals surface area contributed by atoms with Gasteiger partial charge in [0.2, 0.25) is 5.78 Å². The minimum absolute atomic E-state index is 0.0377. The van der Waals surface area contributed by atoms with E-state index in [4.69, 9.17) is 0 Å². The highest BCUT2D eigenvalue weighted by Gasteiger charge is 2.29. The lowest BCUT2D eigenvalue weighted by Crippen LogP contribution is -2.39. The third-order valence-electron chi connectivity index (χ3n) is 5.56. The number of amides is 1. The molecule has 1 aromatic carbocycles. The number of carbonyl (C=O) groups excluding carboxylic acids is 1. The van der Waals surface area contributed by atoms with E-state index in [0.29, 0.717) is 18.0 Å². The van der Waals surface area contributed by atoms with Gasteiger partial charge in [-0.05, 0) is 30.0 Å². The topological polar surface area (TPSA) is 79.2 Å². The number of hydrogen-bond donors (Lipinski definition) is 1. The molecule has 7 heteroatoms. The number of hydrogen-bond acceptors (Lipinski definition) is 4. The number of benzene rings is 1. The van der Waals surface area contributed by atoms with Crippen LogP contribution in [0.2, 0.25) is 0 Å². The van der Waals surface area contributed by atoms with Gasteiger partial charge in [-0.25, -0.2) is 9.97 Å². The molecule has 1 saturated heterocycles. The van der Waals surface area contributed by atoms with Crippen molar-refractivity contribution < 1.29 is 4.79 Å². The highest BCUT2D eigenvalue weighted by molar-refractivity contribution is 5.92. The second-order valence-electron chi connectivity index (χ2n) is 7.51. The lowest BCUT2D eigenvalue weighted by Gasteiger charge is -2.32. The van der Waals surface area contributed by atoms with Gasteiger partial charge in [0.25, 0.3) is 5.91 Å². The smallest absolute Gasteiger partial charge is 0.274 e. The van der Waals surface area contributed by atoms with Crippen LogP contribution in [-0.2, 0) is 6.42 Å². The fraction of sp³-hybridized carbons (Fsp3) is 0.273. The van der Waals surface area contributed by atoms with Crippen LogP contribution in [0.1, 0.15) is 46.1 Å². The molecule has 0 spiro atoms. The highest BCUT2D eigenvalue weighted by Crippen LogP contribution is 2.29. The summed E-state index contributed by atoms with van der Waals surface area (Å²) in [6, 6.07) is 12.2. The zero-order valence-corrected chi connectivity index (χ0v) is 16.0. The Balaban J connectivity index is 1.34. The van der Waals surface area contributed by atoms with Crippen LogP contribution < -0.4 is 0 Å². The van der Waals surface area contributed by atoms with E-state index < -0.39 is 0 Å². The highest BCUT2D eigenvalue weighted by atomic mass is 16.2. The Labute approximate surface area is 168 Å². The first-order valence-corrected chi connectivity index (χ1v) is 9.93. The van der Waals surface area contributed by atoms with Crippen molar-refractivity contribution in [3.63, 3.8) is 0 Å². The Kier molecular flexibility index (Phi) is 4.56. The van der Waals surface area contributed by atoms with E-state index in [0.717, 1.165) is 31.5 Å². The zero-order valence-electron chi connectivity index (χ0n) is 16.0. The molecule has 0 radical (unpaired) electrons. The molecule has 1 fully saturated rings. The molecule has 4 aromatic rings. The van der Waals surface area contributed by atoms with E-state index in [-0.39, 0.29) is 11.8 Å². The molecule has 1 aliphatic heterocycles. The summed E-state index contributed by atoms with van der Waals surface area (Å²) in [5, 5.41) is 7.50. The van der Waals surface area contributed by atoms with Crippen LogP contribution in [0.25, 0.3) is 5.78 Å². The van der Waals surface area contributed by atoms with Crippen molar-refractivity contribution in [2.75, 3.05) is 13.1 Å². The predicted octanol–water partition coefficient (Wildman–Crippen LogP) is 3.06. The lowest BCUT2D eigenvalue weighted by atomic mass is 9.90. The second kappa shape index (κ2) is 7.50. The first-order chi connectivity index (χ1) is 14.3. The SMILES string of the molecule is O=C(c1cn2cccnc2n1)N1CCC[C@H](c2[nH]ncc2Cc2ccccc2)C1. The first-order valence-electron chi connectivity index (χ1n) is 9.93. The van der Waals surface area contributed by atoms with Crippen LogP contribution in [0.4, 0.5) is 0 Å². The summed E-state index contributed by atoms with van der Waals surface area (Å²) >= 11 is 0. The minimum Gasteiger partial charge on any atom is -0.337 e. The largest absolute Gasteiger partial charge is 0.337 e. The van der Waals surface area contributed by atoms with E-state index in [1.54, 1.807) is 16.8 Å². The van der Waals surface area contributed by atoms with E-state index in [1.165, 1.54) is 11.1 Å². The van der Waals surface area contributed by atoms with E-state index in [2.05, 4.69) is 44.4 Å². The number of carbonyl (C=O) groups is 1. The van der Waals surface area contributed by atoms with Gasteiger partial charge in [0.05, 0.1) is 6.20 Å². The Morgan fingerprint density at radius 1 is 1.21 bits per heavy atom. The maximum absolute atomic E-state index is 13.1. The van der Waals surface area contributed by atoms with Crippen LogP contribution in [-0.4, -0.2) is 48.5 Å². The summed E-state index contributed by atoms with van der Waals surface area (Å²) in [6.45, 7) is 1.42. The molecule has 1 atom stereocenters. The van der Waals surface area contributed by atoms with Gasteiger partial charge in [-0.1, -0.05) is 30.3 Å². The number of aromatic nitrogens is 5. The fourth-order valence-electron chi connectivity index (χ4n) is 4.12. The van der Waals surface area contributed by atoms with Gasteiger partial charge in [-0.3, -0.25) is 14.3 Å². The summed E-state index contributed by atoms with van der Waals surface area (Å²) in [7, 11) is 0. The van der Waals surface area contributed by atoms with Crippen molar-refractivity contribution in [1.82, 2.24) is 29.5 Å². The summed E-state index contributed by atoms with van der Waals surface area (Å²) in [4.78, 5) is 23.6. The van der Waals surface area contributed by atoms with Gasteiger partial charge in [0.1, 0.15) is 5.69 Å². The Hall–Kier alpha value is -3.48. The number of piperidine rings is 1.